The van der Waals surface area contributed by atoms with E-state index in [-0.39, 0.29) is 11.6 Å². The van der Waals surface area contributed by atoms with Crippen LogP contribution in [0, 0.1) is 5.92 Å². The molecule has 4 nitrogen and oxygen atoms in total. The number of aliphatic hydroxyl groups excluding tert-OH is 1. The minimum atomic E-state index is -4.68. The molecule has 2 rings (SSSR count). The van der Waals surface area contributed by atoms with E-state index >= 15 is 0 Å². The van der Waals surface area contributed by atoms with Gasteiger partial charge in [-0.05, 0) is 18.8 Å². The van der Waals surface area contributed by atoms with Crippen LogP contribution < -0.4 is 0 Å². The van der Waals surface area contributed by atoms with Crippen molar-refractivity contribution in [3.8, 4) is 0 Å². The maximum atomic E-state index is 12.4. The van der Waals surface area contributed by atoms with Gasteiger partial charge in [0.1, 0.15) is 5.17 Å². The molecule has 0 aliphatic carbocycles. The highest BCUT2D eigenvalue weighted by Crippen LogP contribution is 2.30. The molecule has 0 spiro atoms. The van der Waals surface area contributed by atoms with E-state index in [0.29, 0.717) is 23.7 Å². The van der Waals surface area contributed by atoms with Crippen molar-refractivity contribution in [2.45, 2.75) is 45.4 Å². The standard InChI is InChI=1S/C15H19ClF3N3O/c1-3-10-6-9(2)4-5-12-11(7-14(16)21-22(10)12)20-8-13(23)15(17,18)19/h5-6,9,13,23H,3-4,7-8H2,1-2H3. The Morgan fingerprint density at radius 3 is 2.83 bits per heavy atom. The average Bonchev–Trinajstić information content (AvgIpc) is 2.62. The molecule has 128 valence electrons. The molecule has 2 aliphatic rings. The summed E-state index contributed by atoms with van der Waals surface area (Å²) < 4.78 is 37.3. The summed E-state index contributed by atoms with van der Waals surface area (Å²) in [7, 11) is 0. The fraction of sp³-hybridized carbons (Fsp3) is 0.600. The summed E-state index contributed by atoms with van der Waals surface area (Å²) in [4.78, 5) is 3.96. The summed E-state index contributed by atoms with van der Waals surface area (Å²) in [5.41, 5.74) is 2.01. The zero-order valence-electron chi connectivity index (χ0n) is 12.9. The number of rotatable bonds is 3. The van der Waals surface area contributed by atoms with E-state index in [1.165, 1.54) is 0 Å². The number of hydrogen-bond acceptors (Lipinski definition) is 4. The minimum absolute atomic E-state index is 0.167. The van der Waals surface area contributed by atoms with Gasteiger partial charge in [-0.3, -0.25) is 4.99 Å². The largest absolute Gasteiger partial charge is 0.416 e. The van der Waals surface area contributed by atoms with Crippen molar-refractivity contribution in [1.82, 2.24) is 5.01 Å². The van der Waals surface area contributed by atoms with Crippen molar-refractivity contribution in [2.24, 2.45) is 16.0 Å². The van der Waals surface area contributed by atoms with Crippen LogP contribution in [0.4, 0.5) is 13.2 Å². The molecule has 0 saturated heterocycles. The molecule has 0 fully saturated rings. The highest BCUT2D eigenvalue weighted by atomic mass is 35.5. The lowest BCUT2D eigenvalue weighted by Crippen LogP contribution is -2.33. The number of aliphatic imine (C=N–C) groups is 1. The predicted octanol–water partition coefficient (Wildman–Crippen LogP) is 3.83. The molecule has 23 heavy (non-hydrogen) atoms. The predicted molar refractivity (Wildman–Crippen MR) is 84.3 cm³/mol. The van der Waals surface area contributed by atoms with Gasteiger partial charge in [0.15, 0.2) is 6.10 Å². The second-order valence-corrected chi connectivity index (χ2v) is 6.06. The molecule has 0 aromatic carbocycles. The van der Waals surface area contributed by atoms with Crippen LogP contribution in [-0.2, 0) is 0 Å². The second kappa shape index (κ2) is 7.05. The van der Waals surface area contributed by atoms with Gasteiger partial charge >= 0.3 is 6.18 Å². The molecule has 0 aromatic rings. The van der Waals surface area contributed by atoms with Crippen LogP contribution >= 0.6 is 11.6 Å². The van der Waals surface area contributed by atoms with Crippen LogP contribution in [0.25, 0.3) is 0 Å². The molecular formula is C15H19ClF3N3O. The first kappa shape index (κ1) is 18.0. The van der Waals surface area contributed by atoms with Gasteiger partial charge in [0, 0.05) is 12.1 Å². The minimum Gasteiger partial charge on any atom is -0.382 e. The molecule has 8 heteroatoms. The van der Waals surface area contributed by atoms with Gasteiger partial charge in [-0.1, -0.05) is 37.6 Å². The topological polar surface area (TPSA) is 48.2 Å². The Hall–Kier alpha value is -1.34. The van der Waals surface area contributed by atoms with E-state index in [4.69, 9.17) is 16.7 Å². The van der Waals surface area contributed by atoms with Crippen molar-refractivity contribution in [3.63, 3.8) is 0 Å². The lowest BCUT2D eigenvalue weighted by atomic mass is 10.1. The lowest BCUT2D eigenvalue weighted by Gasteiger charge is -2.29. The number of aliphatic hydroxyl groups is 1. The van der Waals surface area contributed by atoms with Gasteiger partial charge in [0.25, 0.3) is 0 Å². The SMILES string of the molecule is CCC1=CC(C)CC=C2C(=NCC(O)C(F)(F)F)CC(Cl)=NN12. The number of allylic oxidation sites excluding steroid dienone is 4. The Labute approximate surface area is 138 Å². The van der Waals surface area contributed by atoms with Gasteiger partial charge in [0.2, 0.25) is 0 Å². The third-order valence-electron chi connectivity index (χ3n) is 3.67. The van der Waals surface area contributed by atoms with Gasteiger partial charge in [0.05, 0.1) is 18.0 Å². The Kier molecular flexibility index (Phi) is 5.52. The first-order chi connectivity index (χ1) is 10.7. The average molecular weight is 350 g/mol. The third-order valence-corrected chi connectivity index (χ3v) is 3.88. The van der Waals surface area contributed by atoms with Crippen molar-refractivity contribution in [1.29, 1.82) is 0 Å². The van der Waals surface area contributed by atoms with E-state index in [9.17, 15) is 13.2 Å². The molecule has 0 radical (unpaired) electrons. The van der Waals surface area contributed by atoms with Gasteiger partial charge in [-0.2, -0.15) is 18.3 Å². The van der Waals surface area contributed by atoms with Crippen LogP contribution in [0.1, 0.15) is 33.1 Å². The molecule has 0 aromatic heterocycles. The van der Waals surface area contributed by atoms with Gasteiger partial charge < -0.3 is 5.11 Å². The fourth-order valence-electron chi connectivity index (χ4n) is 2.44. The Morgan fingerprint density at radius 1 is 1.52 bits per heavy atom. The molecule has 2 atom stereocenters. The zero-order chi connectivity index (χ0) is 17.2. The molecule has 0 bridgehead atoms. The van der Waals surface area contributed by atoms with E-state index in [1.54, 1.807) is 5.01 Å². The van der Waals surface area contributed by atoms with E-state index < -0.39 is 18.8 Å². The van der Waals surface area contributed by atoms with Crippen molar-refractivity contribution < 1.29 is 18.3 Å². The van der Waals surface area contributed by atoms with E-state index in [2.05, 4.69) is 23.1 Å². The third kappa shape index (κ3) is 4.35. The summed E-state index contributed by atoms with van der Waals surface area (Å²) >= 11 is 6.04. The monoisotopic (exact) mass is 349 g/mol. The molecule has 2 heterocycles. The maximum Gasteiger partial charge on any atom is 0.416 e. The quantitative estimate of drug-likeness (QED) is 0.841. The van der Waals surface area contributed by atoms with E-state index in [1.807, 2.05) is 13.0 Å². The summed E-state index contributed by atoms with van der Waals surface area (Å²) in [5, 5.41) is 15.3. The first-order valence-corrected chi connectivity index (χ1v) is 7.82. The molecule has 0 saturated carbocycles. The van der Waals surface area contributed by atoms with E-state index in [0.717, 1.165) is 12.1 Å². The summed E-state index contributed by atoms with van der Waals surface area (Å²) in [6.45, 7) is 3.29. The highest BCUT2D eigenvalue weighted by Gasteiger charge is 2.38. The molecule has 2 unspecified atom stereocenters. The number of nitrogens with zero attached hydrogens (tertiary/aromatic N) is 3. The van der Waals surface area contributed by atoms with Crippen molar-refractivity contribution >= 4 is 22.5 Å². The smallest absolute Gasteiger partial charge is 0.382 e. The number of hydrogen-bond donors (Lipinski definition) is 1. The molecule has 1 N–H and O–H groups in total. The van der Waals surface area contributed by atoms with Gasteiger partial charge in [-0.15, -0.1) is 0 Å². The van der Waals surface area contributed by atoms with Crippen LogP contribution in [0.3, 0.4) is 0 Å². The lowest BCUT2D eigenvalue weighted by molar-refractivity contribution is -0.199. The Balaban J connectivity index is 2.32. The van der Waals surface area contributed by atoms with Crippen LogP contribution in [-0.4, -0.2) is 39.8 Å². The second-order valence-electron chi connectivity index (χ2n) is 5.62. The van der Waals surface area contributed by atoms with Crippen molar-refractivity contribution in [3.05, 3.63) is 23.5 Å². The number of halogens is 4. The summed E-state index contributed by atoms with van der Waals surface area (Å²) in [6.07, 6.45) is -1.55. The fourth-order valence-corrected chi connectivity index (χ4v) is 2.64. The first-order valence-electron chi connectivity index (χ1n) is 7.44. The number of hydrazone groups is 1. The number of alkyl halides is 3. The molecular weight excluding hydrogens is 331 g/mol. The normalized spacial score (nSPS) is 25.3. The summed E-state index contributed by atoms with van der Waals surface area (Å²) in [6, 6.07) is 0. The molecule has 2 aliphatic heterocycles. The van der Waals surface area contributed by atoms with Crippen LogP contribution in [0.15, 0.2) is 33.6 Å². The highest BCUT2D eigenvalue weighted by molar-refractivity contribution is 6.67. The maximum absolute atomic E-state index is 12.4. The zero-order valence-corrected chi connectivity index (χ0v) is 13.7. The summed E-state index contributed by atoms with van der Waals surface area (Å²) in [5.74, 6) is 0.291. The van der Waals surface area contributed by atoms with Crippen LogP contribution in [0.2, 0.25) is 0 Å². The Bertz CT molecular complexity index is 581. The van der Waals surface area contributed by atoms with Gasteiger partial charge in [-0.25, -0.2) is 5.01 Å². The van der Waals surface area contributed by atoms with Crippen molar-refractivity contribution in [2.75, 3.05) is 6.54 Å². The number of fused-ring (bicyclic) bond motifs is 1. The van der Waals surface area contributed by atoms with Crippen LogP contribution in [0.5, 0.6) is 0 Å². The molecule has 0 amide bonds. The Morgan fingerprint density at radius 2 is 2.22 bits per heavy atom.